The van der Waals surface area contributed by atoms with Crippen LogP contribution < -0.4 is 10.2 Å². The van der Waals surface area contributed by atoms with Gasteiger partial charge >= 0.3 is 6.03 Å². The van der Waals surface area contributed by atoms with Gasteiger partial charge in [0, 0.05) is 17.4 Å². The normalized spacial score (nSPS) is 17.2. The number of nitrogens with zero attached hydrogens (tertiary/aromatic N) is 1. The topological polar surface area (TPSA) is 32.3 Å². The van der Waals surface area contributed by atoms with E-state index in [4.69, 9.17) is 0 Å². The van der Waals surface area contributed by atoms with Crippen molar-refractivity contribution in [2.24, 2.45) is 0 Å². The van der Waals surface area contributed by atoms with Crippen molar-refractivity contribution in [3.63, 3.8) is 0 Å². The minimum atomic E-state index is -0.258. The molecule has 0 bridgehead atoms. The predicted octanol–water partition coefficient (Wildman–Crippen LogP) is 4.20. The third-order valence-corrected chi connectivity index (χ3v) is 3.82. The molecule has 2 aromatic rings. The molecule has 3 rings (SSSR count). The lowest BCUT2D eigenvalue weighted by Crippen LogP contribution is -2.44. The Kier molecular flexibility index (Phi) is 3.60. The third-order valence-electron chi connectivity index (χ3n) is 3.82. The smallest absolute Gasteiger partial charge is 0.308 e. The van der Waals surface area contributed by atoms with Gasteiger partial charge in [-0.3, -0.25) is 4.90 Å². The maximum absolute atomic E-state index is 13.3. The lowest BCUT2D eigenvalue weighted by atomic mass is 9.97. The molecule has 1 heterocycles. The lowest BCUT2D eigenvalue weighted by molar-refractivity contribution is 0.254. The number of halogens is 1. The van der Waals surface area contributed by atoms with Crippen LogP contribution in [-0.4, -0.2) is 12.1 Å². The first kappa shape index (κ1) is 13.6. The van der Waals surface area contributed by atoms with Crippen LogP contribution in [0.25, 0.3) is 0 Å². The minimum Gasteiger partial charge on any atom is -0.308 e. The van der Waals surface area contributed by atoms with Gasteiger partial charge in [-0.25, -0.2) is 9.18 Å². The summed E-state index contributed by atoms with van der Waals surface area (Å²) in [7, 11) is 0. The van der Waals surface area contributed by atoms with E-state index in [9.17, 15) is 9.18 Å². The second-order valence-electron chi connectivity index (χ2n) is 5.33. The second kappa shape index (κ2) is 5.56. The van der Waals surface area contributed by atoms with Gasteiger partial charge in [0.1, 0.15) is 5.82 Å². The van der Waals surface area contributed by atoms with Crippen LogP contribution in [0.1, 0.15) is 18.9 Å². The number of carbonyl (C=O) groups excluding carboxylic acids is 1. The van der Waals surface area contributed by atoms with Crippen molar-refractivity contribution >= 4 is 17.4 Å². The van der Waals surface area contributed by atoms with Crippen molar-refractivity contribution in [1.29, 1.82) is 0 Å². The Hall–Kier alpha value is -2.36. The Morgan fingerprint density at radius 2 is 2.00 bits per heavy atom. The summed E-state index contributed by atoms with van der Waals surface area (Å²) in [5.41, 5.74) is 2.43. The minimum absolute atomic E-state index is 0.0895. The van der Waals surface area contributed by atoms with E-state index in [0.29, 0.717) is 0 Å². The average Bonchev–Trinajstić information content (AvgIpc) is 2.48. The van der Waals surface area contributed by atoms with Crippen LogP contribution in [-0.2, 0) is 6.42 Å². The van der Waals surface area contributed by atoms with E-state index >= 15 is 0 Å². The monoisotopic (exact) mass is 284 g/mol. The number of hydrogen-bond acceptors (Lipinski definition) is 1. The lowest BCUT2D eigenvalue weighted by Gasteiger charge is -2.35. The highest BCUT2D eigenvalue weighted by Crippen LogP contribution is 2.31. The van der Waals surface area contributed by atoms with Gasteiger partial charge in [-0.05, 0) is 55.7 Å². The van der Waals surface area contributed by atoms with Crippen molar-refractivity contribution in [1.82, 2.24) is 0 Å². The summed E-state index contributed by atoms with van der Waals surface area (Å²) >= 11 is 0. The zero-order valence-electron chi connectivity index (χ0n) is 11.8. The second-order valence-corrected chi connectivity index (χ2v) is 5.33. The molecule has 108 valence electrons. The highest BCUT2D eigenvalue weighted by molar-refractivity contribution is 6.02. The largest absolute Gasteiger partial charge is 0.326 e. The Labute approximate surface area is 123 Å². The summed E-state index contributed by atoms with van der Waals surface area (Å²) in [5.74, 6) is -0.258. The first-order valence-corrected chi connectivity index (χ1v) is 7.09. The van der Waals surface area contributed by atoms with E-state index in [-0.39, 0.29) is 17.9 Å². The molecule has 1 atom stereocenters. The number of benzene rings is 2. The summed E-state index contributed by atoms with van der Waals surface area (Å²) in [6, 6.07) is 13.9. The molecule has 1 aliphatic rings. The molecule has 1 N–H and O–H groups in total. The average molecular weight is 284 g/mol. The van der Waals surface area contributed by atoms with Gasteiger partial charge in [0.2, 0.25) is 0 Å². The number of aryl methyl sites for hydroxylation is 1. The van der Waals surface area contributed by atoms with E-state index in [1.165, 1.54) is 12.1 Å². The molecule has 1 unspecified atom stereocenters. The Bertz CT molecular complexity index is 657. The summed E-state index contributed by atoms with van der Waals surface area (Å²) in [4.78, 5) is 14.3. The summed E-state index contributed by atoms with van der Waals surface area (Å²) in [6.45, 7) is 2.01. The number of urea groups is 1. The van der Waals surface area contributed by atoms with Crippen LogP contribution in [0.15, 0.2) is 48.5 Å². The fourth-order valence-electron chi connectivity index (χ4n) is 2.74. The van der Waals surface area contributed by atoms with Gasteiger partial charge in [0.05, 0.1) is 0 Å². The Morgan fingerprint density at radius 1 is 1.24 bits per heavy atom. The summed E-state index contributed by atoms with van der Waals surface area (Å²) < 4.78 is 13.3. The van der Waals surface area contributed by atoms with E-state index in [0.717, 1.165) is 29.8 Å². The molecule has 1 aliphatic heterocycles. The molecule has 3 nitrogen and oxygen atoms in total. The van der Waals surface area contributed by atoms with Crippen LogP contribution in [0.3, 0.4) is 0 Å². The van der Waals surface area contributed by atoms with Crippen LogP contribution in [0.5, 0.6) is 0 Å². The summed E-state index contributed by atoms with van der Waals surface area (Å²) in [5, 5.41) is 2.89. The number of para-hydroxylation sites is 1. The van der Waals surface area contributed by atoms with Crippen molar-refractivity contribution in [2.45, 2.75) is 25.8 Å². The molecule has 21 heavy (non-hydrogen) atoms. The molecular formula is C17H17FN2O. The molecule has 0 saturated heterocycles. The van der Waals surface area contributed by atoms with Crippen molar-refractivity contribution in [3.05, 3.63) is 59.9 Å². The molecular weight excluding hydrogens is 267 g/mol. The Morgan fingerprint density at radius 3 is 2.76 bits per heavy atom. The van der Waals surface area contributed by atoms with E-state index in [2.05, 4.69) is 5.32 Å². The number of fused-ring (bicyclic) bond motifs is 1. The van der Waals surface area contributed by atoms with Crippen molar-refractivity contribution < 1.29 is 9.18 Å². The molecule has 0 spiro atoms. The van der Waals surface area contributed by atoms with Gasteiger partial charge in [0.15, 0.2) is 0 Å². The summed E-state index contributed by atoms with van der Waals surface area (Å²) in [6.07, 6.45) is 1.63. The molecule has 2 amide bonds. The number of anilines is 2. The quantitative estimate of drug-likeness (QED) is 0.836. The standard InChI is InChI=1S/C17H17FN2O/c1-12-7-8-13-11-14(18)9-10-16(13)20(12)17(21)19-15-5-3-2-4-6-15/h2-6,9-12H,7-8H2,1H3,(H,19,21). The zero-order valence-corrected chi connectivity index (χ0v) is 11.8. The maximum Gasteiger partial charge on any atom is 0.326 e. The van der Waals surface area contributed by atoms with Crippen LogP contribution in [0.4, 0.5) is 20.6 Å². The fourth-order valence-corrected chi connectivity index (χ4v) is 2.74. The first-order chi connectivity index (χ1) is 10.1. The van der Waals surface area contributed by atoms with Crippen molar-refractivity contribution in [2.75, 3.05) is 10.2 Å². The van der Waals surface area contributed by atoms with Crippen LogP contribution in [0.2, 0.25) is 0 Å². The number of carbonyl (C=O) groups is 1. The predicted molar refractivity (Wildman–Crippen MR) is 82.1 cm³/mol. The number of nitrogens with one attached hydrogen (secondary N) is 1. The molecule has 0 aliphatic carbocycles. The van der Waals surface area contributed by atoms with Crippen molar-refractivity contribution in [3.8, 4) is 0 Å². The molecule has 4 heteroatoms. The van der Waals surface area contributed by atoms with E-state index in [1.807, 2.05) is 37.3 Å². The zero-order chi connectivity index (χ0) is 14.8. The van der Waals surface area contributed by atoms with Gasteiger partial charge in [-0.15, -0.1) is 0 Å². The number of rotatable bonds is 1. The molecule has 0 aromatic heterocycles. The number of hydrogen-bond donors (Lipinski definition) is 1. The molecule has 0 saturated carbocycles. The van der Waals surface area contributed by atoms with Gasteiger partial charge in [-0.1, -0.05) is 18.2 Å². The molecule has 0 fully saturated rings. The van der Waals surface area contributed by atoms with Gasteiger partial charge < -0.3 is 5.32 Å². The van der Waals surface area contributed by atoms with Crippen LogP contribution in [0, 0.1) is 5.82 Å². The molecule has 2 aromatic carbocycles. The van der Waals surface area contributed by atoms with Crippen LogP contribution >= 0.6 is 0 Å². The van der Waals surface area contributed by atoms with E-state index in [1.54, 1.807) is 11.0 Å². The highest BCUT2D eigenvalue weighted by atomic mass is 19.1. The van der Waals surface area contributed by atoms with Gasteiger partial charge in [-0.2, -0.15) is 0 Å². The Balaban J connectivity index is 1.89. The highest BCUT2D eigenvalue weighted by Gasteiger charge is 2.28. The molecule has 0 radical (unpaired) electrons. The van der Waals surface area contributed by atoms with E-state index < -0.39 is 0 Å². The fraction of sp³-hybridized carbons (Fsp3) is 0.235. The first-order valence-electron chi connectivity index (χ1n) is 7.09. The maximum atomic E-state index is 13.3. The number of amides is 2. The van der Waals surface area contributed by atoms with Gasteiger partial charge in [0.25, 0.3) is 0 Å². The SMILES string of the molecule is CC1CCc2cc(F)ccc2N1C(=O)Nc1ccccc1. The third kappa shape index (κ3) is 2.75.